The van der Waals surface area contributed by atoms with E-state index in [1.54, 1.807) is 0 Å². The van der Waals surface area contributed by atoms with E-state index in [1.807, 2.05) is 60.8 Å². The summed E-state index contributed by atoms with van der Waals surface area (Å²) in [6.07, 6.45) is 68.9. The third kappa shape index (κ3) is 48.7. The molecule has 6 heteroatoms. The van der Waals surface area contributed by atoms with Gasteiger partial charge in [0.05, 0.1) is 0 Å². The molecule has 0 aromatic carbocycles. The fourth-order valence-corrected chi connectivity index (χ4v) is 6.43. The molecule has 354 valence electrons. The number of hydrogen-bond acceptors (Lipinski definition) is 6. The lowest BCUT2D eigenvalue weighted by molar-refractivity contribution is -0.167. The van der Waals surface area contributed by atoms with Crippen molar-refractivity contribution in [2.24, 2.45) is 0 Å². The van der Waals surface area contributed by atoms with Crippen molar-refractivity contribution in [3.05, 3.63) is 122 Å². The smallest absolute Gasteiger partial charge is 0.306 e. The van der Waals surface area contributed by atoms with E-state index in [-0.39, 0.29) is 31.1 Å². The van der Waals surface area contributed by atoms with Gasteiger partial charge in [0.15, 0.2) is 6.10 Å². The zero-order valence-corrected chi connectivity index (χ0v) is 40.3. The van der Waals surface area contributed by atoms with Gasteiger partial charge in [0.25, 0.3) is 0 Å². The van der Waals surface area contributed by atoms with E-state index in [2.05, 4.69) is 81.5 Å². The Morgan fingerprint density at radius 1 is 0.333 bits per heavy atom. The van der Waals surface area contributed by atoms with Crippen LogP contribution in [-0.2, 0) is 28.6 Å². The highest BCUT2D eigenvalue weighted by Gasteiger charge is 2.19. The predicted octanol–water partition coefficient (Wildman–Crippen LogP) is 16.5. The minimum absolute atomic E-state index is 0.104. The van der Waals surface area contributed by atoms with Crippen LogP contribution >= 0.6 is 0 Å². The Labute approximate surface area is 386 Å². The number of unbranched alkanes of at least 4 members (excludes halogenated alkanes) is 17. The first kappa shape index (κ1) is 58.8. The number of esters is 3. The minimum atomic E-state index is -0.807. The van der Waals surface area contributed by atoms with E-state index in [4.69, 9.17) is 14.2 Å². The van der Waals surface area contributed by atoms with E-state index in [1.165, 1.54) is 51.4 Å². The third-order valence-corrected chi connectivity index (χ3v) is 10.1. The lowest BCUT2D eigenvalue weighted by Gasteiger charge is -2.18. The van der Waals surface area contributed by atoms with Gasteiger partial charge in [-0.2, -0.15) is 0 Å². The van der Waals surface area contributed by atoms with Crippen LogP contribution in [0, 0.1) is 0 Å². The highest BCUT2D eigenvalue weighted by Crippen LogP contribution is 2.14. The van der Waals surface area contributed by atoms with Crippen molar-refractivity contribution in [1.82, 2.24) is 0 Å². The Balaban J connectivity index is 4.52. The maximum Gasteiger partial charge on any atom is 0.306 e. The first-order valence-electron chi connectivity index (χ1n) is 25.1. The third-order valence-electron chi connectivity index (χ3n) is 10.1. The lowest BCUT2D eigenvalue weighted by Crippen LogP contribution is -2.30. The maximum atomic E-state index is 12.8. The van der Waals surface area contributed by atoms with Gasteiger partial charge in [0, 0.05) is 19.3 Å². The number of ether oxygens (including phenoxy) is 3. The summed E-state index contributed by atoms with van der Waals surface area (Å²) in [5, 5.41) is 0. The van der Waals surface area contributed by atoms with Crippen LogP contribution < -0.4 is 0 Å². The second-order valence-corrected chi connectivity index (χ2v) is 16.1. The molecule has 63 heavy (non-hydrogen) atoms. The van der Waals surface area contributed by atoms with E-state index in [0.29, 0.717) is 19.3 Å². The van der Waals surface area contributed by atoms with Gasteiger partial charge in [-0.05, 0) is 89.9 Å². The number of rotatable bonds is 43. The molecule has 0 saturated carbocycles. The number of hydrogen-bond donors (Lipinski definition) is 0. The van der Waals surface area contributed by atoms with Crippen molar-refractivity contribution in [3.8, 4) is 0 Å². The molecule has 0 heterocycles. The molecule has 1 atom stereocenters. The summed E-state index contributed by atoms with van der Waals surface area (Å²) in [6, 6.07) is 0. The molecule has 0 fully saturated rings. The monoisotopic (exact) mass is 871 g/mol. The van der Waals surface area contributed by atoms with E-state index < -0.39 is 6.10 Å². The number of allylic oxidation sites excluding steroid dienone is 20. The van der Waals surface area contributed by atoms with Crippen LogP contribution in [0.2, 0.25) is 0 Å². The Bertz CT molecular complexity index is 1370. The van der Waals surface area contributed by atoms with Crippen molar-refractivity contribution < 1.29 is 28.6 Å². The average molecular weight is 871 g/mol. The summed E-state index contributed by atoms with van der Waals surface area (Å²) in [5.74, 6) is -0.974. The number of carbonyl (C=O) groups excluding carboxylic acids is 3. The molecule has 0 N–H and O–H groups in total. The molecule has 0 spiro atoms. The second-order valence-electron chi connectivity index (χ2n) is 16.1. The van der Waals surface area contributed by atoms with Gasteiger partial charge in [0.2, 0.25) is 0 Å². The summed E-state index contributed by atoms with van der Waals surface area (Å²) in [4.78, 5) is 38.0. The largest absolute Gasteiger partial charge is 0.462 e. The molecule has 0 rings (SSSR count). The highest BCUT2D eigenvalue weighted by molar-refractivity contribution is 5.71. The maximum absolute atomic E-state index is 12.8. The summed E-state index contributed by atoms with van der Waals surface area (Å²) < 4.78 is 16.7. The Hall–Kier alpha value is -4.19. The normalized spacial score (nSPS) is 13.1. The first-order chi connectivity index (χ1) is 31.0. The first-order valence-corrected chi connectivity index (χ1v) is 25.1. The molecule has 1 unspecified atom stereocenters. The van der Waals surface area contributed by atoms with Gasteiger partial charge >= 0.3 is 17.9 Å². The quantitative estimate of drug-likeness (QED) is 0.0200. The van der Waals surface area contributed by atoms with Gasteiger partial charge in [-0.1, -0.05) is 213 Å². The molecule has 0 aromatic rings. The number of carbonyl (C=O) groups is 3. The highest BCUT2D eigenvalue weighted by atomic mass is 16.6. The van der Waals surface area contributed by atoms with Crippen molar-refractivity contribution in [2.45, 2.75) is 207 Å². The van der Waals surface area contributed by atoms with Crippen LogP contribution in [0.15, 0.2) is 122 Å². The Morgan fingerprint density at radius 2 is 0.651 bits per heavy atom. The molecular weight excluding hydrogens is 781 g/mol. The minimum Gasteiger partial charge on any atom is -0.462 e. The molecule has 0 aromatic heterocycles. The van der Waals surface area contributed by atoms with Gasteiger partial charge < -0.3 is 14.2 Å². The molecule has 0 amide bonds. The van der Waals surface area contributed by atoms with E-state index in [9.17, 15) is 14.4 Å². The van der Waals surface area contributed by atoms with E-state index in [0.717, 1.165) is 109 Å². The summed E-state index contributed by atoms with van der Waals surface area (Å²) in [7, 11) is 0. The second kappa shape index (κ2) is 50.5. The van der Waals surface area contributed by atoms with Gasteiger partial charge in [-0.3, -0.25) is 14.4 Å². The van der Waals surface area contributed by atoms with Gasteiger partial charge in [-0.25, -0.2) is 0 Å². The standard InChI is InChI=1S/C57H90O6/c1-4-7-10-13-16-19-22-25-28-29-30-33-35-38-41-44-47-50-56(59)62-53-54(63-57(60)51-48-45-42-39-36-32-27-24-21-18-15-12-9-6-3)52-61-55(58)49-46-43-40-37-34-31-26-23-20-17-14-11-8-5-2/h7-13,16-22,25,28-30,33,35,54H,4-6,14-15,23-24,26-27,31-32,34,36-53H2,1-3H3/b10-7-,11-8-,12-9-,16-13-,20-17-,21-18-,22-19-,28-25-,30-29+,35-33-. The lowest BCUT2D eigenvalue weighted by atomic mass is 10.1. The predicted molar refractivity (Wildman–Crippen MR) is 269 cm³/mol. The van der Waals surface area contributed by atoms with Crippen molar-refractivity contribution in [3.63, 3.8) is 0 Å². The molecule has 0 radical (unpaired) electrons. The molecule has 0 aliphatic rings. The summed E-state index contributed by atoms with van der Waals surface area (Å²) in [6.45, 7) is 6.21. The van der Waals surface area contributed by atoms with Crippen LogP contribution in [0.4, 0.5) is 0 Å². The van der Waals surface area contributed by atoms with Crippen molar-refractivity contribution >= 4 is 17.9 Å². The Kier molecular flexibility index (Phi) is 47.1. The molecule has 0 aliphatic heterocycles. The summed E-state index contributed by atoms with van der Waals surface area (Å²) in [5.41, 5.74) is 0. The van der Waals surface area contributed by atoms with Crippen LogP contribution in [-0.4, -0.2) is 37.2 Å². The fraction of sp³-hybridized carbons (Fsp3) is 0.596. The molecule has 6 nitrogen and oxygen atoms in total. The molecular formula is C57H90O6. The average Bonchev–Trinajstić information content (AvgIpc) is 3.28. The Morgan fingerprint density at radius 3 is 1.08 bits per heavy atom. The molecule has 0 bridgehead atoms. The SMILES string of the molecule is CC\C=C/C=C\C=C/C=C\C=C\C=C/CCCCCC(=O)OCC(COC(=O)CCCCCCCCC/C=C\C/C=C\CC)OC(=O)CCCCCCCCC/C=C\C/C=C\CC. The van der Waals surface area contributed by atoms with E-state index >= 15 is 0 Å². The summed E-state index contributed by atoms with van der Waals surface area (Å²) >= 11 is 0. The van der Waals surface area contributed by atoms with Crippen molar-refractivity contribution in [1.29, 1.82) is 0 Å². The zero-order chi connectivity index (χ0) is 45.8. The van der Waals surface area contributed by atoms with Crippen LogP contribution in [0.25, 0.3) is 0 Å². The molecule has 0 saturated heterocycles. The fourth-order valence-electron chi connectivity index (χ4n) is 6.43. The molecule has 0 aliphatic carbocycles. The van der Waals surface area contributed by atoms with Gasteiger partial charge in [-0.15, -0.1) is 0 Å². The van der Waals surface area contributed by atoms with Crippen LogP contribution in [0.5, 0.6) is 0 Å². The van der Waals surface area contributed by atoms with Crippen LogP contribution in [0.3, 0.4) is 0 Å². The van der Waals surface area contributed by atoms with Gasteiger partial charge in [0.1, 0.15) is 13.2 Å². The van der Waals surface area contributed by atoms with Crippen LogP contribution in [0.1, 0.15) is 201 Å². The zero-order valence-electron chi connectivity index (χ0n) is 40.3. The van der Waals surface area contributed by atoms with Crippen molar-refractivity contribution in [2.75, 3.05) is 13.2 Å². The topological polar surface area (TPSA) is 78.9 Å².